The summed E-state index contributed by atoms with van der Waals surface area (Å²) in [5.74, 6) is 0.370. The quantitative estimate of drug-likeness (QED) is 0.538. The Morgan fingerprint density at radius 2 is 2.38 bits per heavy atom. The van der Waals surface area contributed by atoms with E-state index in [9.17, 15) is 4.79 Å². The minimum Gasteiger partial charge on any atom is -0.515 e. The molecule has 1 saturated carbocycles. The maximum Gasteiger partial charge on any atom is 0.164 e. The van der Waals surface area contributed by atoms with Crippen LogP contribution in [0.25, 0.3) is 0 Å². The van der Waals surface area contributed by atoms with Gasteiger partial charge in [0.05, 0.1) is 6.26 Å². The second-order valence-electron chi connectivity index (χ2n) is 3.75. The number of ketones is 1. The standard InChI is InChI=1S/C11H18O2/c1-2-3-5-9-6-4-7-10(8-12)11(9)13/h8-9,12H,2-7H2,1H3/b10-8+. The molecule has 1 fully saturated rings. The second-order valence-corrected chi connectivity index (χ2v) is 3.75. The lowest BCUT2D eigenvalue weighted by atomic mass is 9.82. The Balaban J connectivity index is 2.50. The molecule has 1 unspecified atom stereocenters. The highest BCUT2D eigenvalue weighted by molar-refractivity contribution is 5.97. The summed E-state index contributed by atoms with van der Waals surface area (Å²) in [6.07, 6.45) is 7.07. The van der Waals surface area contributed by atoms with Crippen LogP contribution in [0.5, 0.6) is 0 Å². The highest BCUT2D eigenvalue weighted by atomic mass is 16.2. The Labute approximate surface area is 79.6 Å². The normalized spacial score (nSPS) is 26.7. The molecule has 0 radical (unpaired) electrons. The molecule has 0 aliphatic heterocycles. The van der Waals surface area contributed by atoms with Crippen molar-refractivity contribution in [3.8, 4) is 0 Å². The van der Waals surface area contributed by atoms with E-state index in [0.29, 0.717) is 5.57 Å². The third kappa shape index (κ3) is 2.58. The molecule has 0 bridgehead atoms. The number of carbonyl (C=O) groups excluding carboxylic acids is 1. The zero-order chi connectivity index (χ0) is 9.68. The van der Waals surface area contributed by atoms with Crippen LogP contribution in [0.3, 0.4) is 0 Å². The van der Waals surface area contributed by atoms with Gasteiger partial charge in [-0.05, 0) is 25.7 Å². The lowest BCUT2D eigenvalue weighted by Gasteiger charge is -2.21. The molecule has 0 spiro atoms. The van der Waals surface area contributed by atoms with Gasteiger partial charge in [0.25, 0.3) is 0 Å². The molecule has 2 heteroatoms. The topological polar surface area (TPSA) is 37.3 Å². The van der Waals surface area contributed by atoms with Crippen LogP contribution >= 0.6 is 0 Å². The summed E-state index contributed by atoms with van der Waals surface area (Å²) in [5, 5.41) is 8.82. The number of aliphatic hydroxyl groups excluding tert-OH is 1. The molecule has 0 saturated heterocycles. The van der Waals surface area contributed by atoms with Crippen LogP contribution in [0.2, 0.25) is 0 Å². The predicted molar refractivity (Wildman–Crippen MR) is 52.6 cm³/mol. The summed E-state index contributed by atoms with van der Waals surface area (Å²) in [4.78, 5) is 11.6. The van der Waals surface area contributed by atoms with Crippen molar-refractivity contribution in [2.24, 2.45) is 5.92 Å². The van der Waals surface area contributed by atoms with E-state index in [1.165, 1.54) is 0 Å². The zero-order valence-corrected chi connectivity index (χ0v) is 8.25. The van der Waals surface area contributed by atoms with Crippen molar-refractivity contribution in [2.45, 2.75) is 45.4 Å². The second kappa shape index (κ2) is 5.05. The number of Topliss-reactive ketones (excluding diaryl/α,β-unsaturated/α-hetero) is 1. The number of carbonyl (C=O) groups is 1. The van der Waals surface area contributed by atoms with Gasteiger partial charge in [0, 0.05) is 11.5 Å². The Morgan fingerprint density at radius 3 is 3.00 bits per heavy atom. The molecule has 0 heterocycles. The largest absolute Gasteiger partial charge is 0.515 e. The molecular formula is C11H18O2. The van der Waals surface area contributed by atoms with Crippen LogP contribution in [0.1, 0.15) is 45.4 Å². The van der Waals surface area contributed by atoms with Gasteiger partial charge in [-0.1, -0.05) is 19.8 Å². The van der Waals surface area contributed by atoms with Crippen LogP contribution in [0.15, 0.2) is 11.8 Å². The highest BCUT2D eigenvalue weighted by Crippen LogP contribution is 2.28. The minimum absolute atomic E-state index is 0.183. The molecule has 1 rings (SSSR count). The number of aliphatic hydroxyl groups is 1. The van der Waals surface area contributed by atoms with Gasteiger partial charge in [-0.15, -0.1) is 0 Å². The van der Waals surface area contributed by atoms with Crippen LogP contribution < -0.4 is 0 Å². The number of unbranched alkanes of at least 4 members (excludes halogenated alkanes) is 1. The third-order valence-electron chi connectivity index (χ3n) is 2.75. The predicted octanol–water partition coefficient (Wildman–Crippen LogP) is 2.99. The fourth-order valence-electron chi connectivity index (χ4n) is 1.91. The molecule has 0 aromatic carbocycles. The van der Waals surface area contributed by atoms with E-state index >= 15 is 0 Å². The monoisotopic (exact) mass is 182 g/mol. The summed E-state index contributed by atoms with van der Waals surface area (Å²) in [5.41, 5.74) is 0.632. The van der Waals surface area contributed by atoms with E-state index in [0.717, 1.165) is 44.8 Å². The molecule has 74 valence electrons. The van der Waals surface area contributed by atoms with E-state index in [2.05, 4.69) is 6.92 Å². The lowest BCUT2D eigenvalue weighted by Crippen LogP contribution is -2.21. The summed E-state index contributed by atoms with van der Waals surface area (Å²) in [6, 6.07) is 0. The zero-order valence-electron chi connectivity index (χ0n) is 8.25. The van der Waals surface area contributed by atoms with E-state index in [1.54, 1.807) is 0 Å². The van der Waals surface area contributed by atoms with Gasteiger partial charge in [0.15, 0.2) is 5.78 Å². The lowest BCUT2D eigenvalue weighted by molar-refractivity contribution is -0.120. The fourth-order valence-corrected chi connectivity index (χ4v) is 1.91. The van der Waals surface area contributed by atoms with Crippen molar-refractivity contribution < 1.29 is 9.90 Å². The number of allylic oxidation sites excluding steroid dienone is 1. The average Bonchev–Trinajstić information content (AvgIpc) is 2.16. The van der Waals surface area contributed by atoms with Gasteiger partial charge in [-0.25, -0.2) is 0 Å². The minimum atomic E-state index is 0.183. The number of hydrogen-bond acceptors (Lipinski definition) is 2. The van der Waals surface area contributed by atoms with Gasteiger partial charge < -0.3 is 5.11 Å². The molecular weight excluding hydrogens is 164 g/mol. The molecule has 1 aliphatic carbocycles. The van der Waals surface area contributed by atoms with Gasteiger partial charge in [-0.2, -0.15) is 0 Å². The Kier molecular flexibility index (Phi) is 4.00. The van der Waals surface area contributed by atoms with Gasteiger partial charge in [-0.3, -0.25) is 4.79 Å². The fraction of sp³-hybridized carbons (Fsp3) is 0.727. The highest BCUT2D eigenvalue weighted by Gasteiger charge is 2.25. The first-order valence-corrected chi connectivity index (χ1v) is 5.17. The summed E-state index contributed by atoms with van der Waals surface area (Å²) in [7, 11) is 0. The Bertz CT molecular complexity index is 206. The molecule has 2 nitrogen and oxygen atoms in total. The van der Waals surface area contributed by atoms with Crippen molar-refractivity contribution >= 4 is 5.78 Å². The Hall–Kier alpha value is -0.790. The molecule has 0 aromatic rings. The van der Waals surface area contributed by atoms with E-state index in [1.807, 2.05) is 0 Å². The number of hydrogen-bond donors (Lipinski definition) is 1. The molecule has 1 atom stereocenters. The molecule has 1 aliphatic rings. The smallest absolute Gasteiger partial charge is 0.164 e. The van der Waals surface area contributed by atoms with Crippen LogP contribution in [0.4, 0.5) is 0 Å². The van der Waals surface area contributed by atoms with E-state index in [-0.39, 0.29) is 11.7 Å². The SMILES string of the molecule is CCCCC1CCC/C(=C\O)C1=O. The van der Waals surface area contributed by atoms with Crippen molar-refractivity contribution in [3.63, 3.8) is 0 Å². The van der Waals surface area contributed by atoms with Crippen LogP contribution in [0, 0.1) is 5.92 Å². The average molecular weight is 182 g/mol. The van der Waals surface area contributed by atoms with Crippen molar-refractivity contribution in [3.05, 3.63) is 11.8 Å². The van der Waals surface area contributed by atoms with Gasteiger partial charge in [0.2, 0.25) is 0 Å². The maximum atomic E-state index is 11.6. The molecule has 0 aromatic heterocycles. The molecule has 0 amide bonds. The summed E-state index contributed by atoms with van der Waals surface area (Å²) < 4.78 is 0. The van der Waals surface area contributed by atoms with Gasteiger partial charge in [0.1, 0.15) is 0 Å². The molecule has 13 heavy (non-hydrogen) atoms. The maximum absolute atomic E-state index is 11.6. The first-order chi connectivity index (χ1) is 6.29. The first-order valence-electron chi connectivity index (χ1n) is 5.17. The van der Waals surface area contributed by atoms with Crippen molar-refractivity contribution in [2.75, 3.05) is 0 Å². The first kappa shape index (κ1) is 10.3. The summed E-state index contributed by atoms with van der Waals surface area (Å²) in [6.45, 7) is 2.14. The number of rotatable bonds is 3. The third-order valence-corrected chi connectivity index (χ3v) is 2.75. The summed E-state index contributed by atoms with van der Waals surface area (Å²) >= 11 is 0. The van der Waals surface area contributed by atoms with Gasteiger partial charge >= 0.3 is 0 Å². The Morgan fingerprint density at radius 1 is 1.62 bits per heavy atom. The van der Waals surface area contributed by atoms with E-state index in [4.69, 9.17) is 5.11 Å². The van der Waals surface area contributed by atoms with Crippen molar-refractivity contribution in [1.82, 2.24) is 0 Å². The van der Waals surface area contributed by atoms with Crippen LogP contribution in [-0.4, -0.2) is 10.9 Å². The van der Waals surface area contributed by atoms with Crippen LogP contribution in [-0.2, 0) is 4.79 Å². The van der Waals surface area contributed by atoms with Crippen molar-refractivity contribution in [1.29, 1.82) is 0 Å². The molecule has 1 N–H and O–H groups in total. The van der Waals surface area contributed by atoms with E-state index < -0.39 is 0 Å².